The number of morpholine rings is 1. The van der Waals surface area contributed by atoms with Crippen molar-refractivity contribution >= 4 is 51.2 Å². The van der Waals surface area contributed by atoms with Crippen molar-refractivity contribution < 1.29 is 4.74 Å². The molecule has 0 radical (unpaired) electrons. The Morgan fingerprint density at radius 1 is 1.25 bits per heavy atom. The van der Waals surface area contributed by atoms with E-state index in [0.717, 1.165) is 71.1 Å². The lowest BCUT2D eigenvalue weighted by Gasteiger charge is -2.25. The number of aryl methyl sites for hydroxylation is 1. The monoisotopic (exact) mass is 467 g/mol. The molecule has 8 nitrogen and oxygen atoms in total. The molecule has 0 bridgehead atoms. The molecular formula is C22H22ClN7OS. The predicted molar refractivity (Wildman–Crippen MR) is 126 cm³/mol. The van der Waals surface area contributed by atoms with E-state index in [1.54, 1.807) is 6.20 Å². The van der Waals surface area contributed by atoms with E-state index >= 15 is 0 Å². The van der Waals surface area contributed by atoms with Crippen molar-refractivity contribution in [3.63, 3.8) is 0 Å². The second-order valence-electron chi connectivity index (χ2n) is 8.01. The van der Waals surface area contributed by atoms with Crippen LogP contribution < -0.4 is 10.2 Å². The predicted octanol–water partition coefficient (Wildman–Crippen LogP) is 3.45. The van der Waals surface area contributed by atoms with Gasteiger partial charge in [0, 0.05) is 42.6 Å². The second-order valence-corrected chi connectivity index (χ2v) is 9.43. The average molecular weight is 468 g/mol. The Bertz CT molecular complexity index is 1300. The normalized spacial score (nSPS) is 20.9. The molecule has 2 aliphatic heterocycles. The minimum absolute atomic E-state index is 0.156. The molecule has 4 aromatic heterocycles. The molecular weight excluding hydrogens is 446 g/mol. The number of rotatable bonds is 4. The molecule has 0 saturated carbocycles. The Hall–Kier alpha value is -2.46. The van der Waals surface area contributed by atoms with Crippen LogP contribution in [0, 0.1) is 0 Å². The first-order chi connectivity index (χ1) is 15.7. The third-order valence-electron chi connectivity index (χ3n) is 6.02. The number of nitrogens with zero attached hydrogens (tertiary/aromatic N) is 5. The molecule has 0 amide bonds. The number of nitrogens with one attached hydrogen (secondary N) is 2. The summed E-state index contributed by atoms with van der Waals surface area (Å²) in [6.07, 6.45) is 4.56. The van der Waals surface area contributed by atoms with Gasteiger partial charge in [-0.05, 0) is 36.4 Å². The van der Waals surface area contributed by atoms with Crippen LogP contribution in [-0.2, 0) is 11.2 Å². The number of anilines is 1. The number of aromatic amines is 1. The number of H-pyrrole nitrogens is 1. The summed E-state index contributed by atoms with van der Waals surface area (Å²) >= 11 is 8.24. The van der Waals surface area contributed by atoms with Crippen molar-refractivity contribution in [1.82, 2.24) is 30.2 Å². The molecule has 0 spiro atoms. The van der Waals surface area contributed by atoms with Crippen molar-refractivity contribution in [1.29, 1.82) is 0 Å². The fourth-order valence-corrected chi connectivity index (χ4v) is 5.56. The smallest absolute Gasteiger partial charge is 0.196 e. The standard InChI is InChI=1S/C22H22ClN7OS/c1-2-13-19(23)18-20(27-13)28-22(32-12-8-15-14(26-9-12)4-3-5-24-15)29-21(18)30-10-16-17(11-30)31-7-6-25-16/h3-5,8-9,16-17,25H,2,6-7,10-11H2,1H3,(H,27,28,29)/t16-,17+/m0/s1. The zero-order chi connectivity index (χ0) is 21.7. The molecule has 0 aliphatic carbocycles. The van der Waals surface area contributed by atoms with E-state index in [0.29, 0.717) is 16.2 Å². The zero-order valence-electron chi connectivity index (χ0n) is 17.5. The van der Waals surface area contributed by atoms with Crippen LogP contribution in [0.4, 0.5) is 5.82 Å². The van der Waals surface area contributed by atoms with Crippen LogP contribution in [0.1, 0.15) is 12.6 Å². The Balaban J connectivity index is 1.41. The lowest BCUT2D eigenvalue weighted by Crippen LogP contribution is -2.47. The summed E-state index contributed by atoms with van der Waals surface area (Å²) in [4.78, 5) is 25.3. The summed E-state index contributed by atoms with van der Waals surface area (Å²) in [6, 6.07) is 6.15. The van der Waals surface area contributed by atoms with Gasteiger partial charge in [0.1, 0.15) is 11.5 Å². The van der Waals surface area contributed by atoms with Gasteiger partial charge in [0.15, 0.2) is 5.16 Å². The molecule has 4 aromatic rings. The maximum Gasteiger partial charge on any atom is 0.196 e. The first-order valence-electron chi connectivity index (χ1n) is 10.8. The Morgan fingerprint density at radius 3 is 3.06 bits per heavy atom. The molecule has 2 atom stereocenters. The van der Waals surface area contributed by atoms with Crippen molar-refractivity contribution in [3.05, 3.63) is 41.3 Å². The van der Waals surface area contributed by atoms with Crippen LogP contribution in [0.15, 0.2) is 40.6 Å². The highest BCUT2D eigenvalue weighted by Crippen LogP contribution is 2.38. The van der Waals surface area contributed by atoms with E-state index in [2.05, 4.69) is 32.1 Å². The van der Waals surface area contributed by atoms with Gasteiger partial charge in [-0.1, -0.05) is 18.5 Å². The molecule has 2 fully saturated rings. The lowest BCUT2D eigenvalue weighted by molar-refractivity contribution is 0.0212. The van der Waals surface area contributed by atoms with E-state index in [1.807, 2.05) is 24.4 Å². The van der Waals surface area contributed by atoms with E-state index in [9.17, 15) is 0 Å². The minimum Gasteiger partial charge on any atom is -0.373 e. The summed E-state index contributed by atoms with van der Waals surface area (Å²) in [5.41, 5.74) is 3.45. The first kappa shape index (κ1) is 20.2. The number of hydrogen-bond acceptors (Lipinski definition) is 8. The SMILES string of the molecule is CCc1[nH]c2nc(Sc3cnc4cccnc4c3)nc(N3C[C@@H]4NCCO[C@@H]4C3)c2c1Cl. The molecule has 10 heteroatoms. The number of halogens is 1. The van der Waals surface area contributed by atoms with Gasteiger partial charge in [-0.3, -0.25) is 9.97 Å². The summed E-state index contributed by atoms with van der Waals surface area (Å²) < 4.78 is 5.98. The highest BCUT2D eigenvalue weighted by atomic mass is 35.5. The number of aromatic nitrogens is 5. The van der Waals surface area contributed by atoms with Crippen molar-refractivity contribution in [2.75, 3.05) is 31.1 Å². The average Bonchev–Trinajstić information content (AvgIpc) is 3.39. The van der Waals surface area contributed by atoms with Gasteiger partial charge in [0.25, 0.3) is 0 Å². The highest BCUT2D eigenvalue weighted by Gasteiger charge is 2.37. The quantitative estimate of drug-likeness (QED) is 0.441. The van der Waals surface area contributed by atoms with E-state index in [-0.39, 0.29) is 6.10 Å². The third kappa shape index (κ3) is 3.49. The first-order valence-corrected chi connectivity index (χ1v) is 12.0. The van der Waals surface area contributed by atoms with Gasteiger partial charge < -0.3 is 19.9 Å². The van der Waals surface area contributed by atoms with Gasteiger partial charge in [-0.15, -0.1) is 0 Å². The molecule has 2 N–H and O–H groups in total. The van der Waals surface area contributed by atoms with Crippen LogP contribution in [0.2, 0.25) is 5.02 Å². The number of pyridine rings is 2. The summed E-state index contributed by atoms with van der Waals surface area (Å²) in [5.74, 6) is 0.852. The van der Waals surface area contributed by atoms with Crippen LogP contribution >= 0.6 is 23.4 Å². The summed E-state index contributed by atoms with van der Waals surface area (Å²) in [5, 5.41) is 5.79. The third-order valence-corrected chi connectivity index (χ3v) is 7.26. The fourth-order valence-electron chi connectivity index (χ4n) is 4.45. The molecule has 6 rings (SSSR count). The van der Waals surface area contributed by atoms with Crippen LogP contribution in [0.25, 0.3) is 22.1 Å². The minimum atomic E-state index is 0.156. The highest BCUT2D eigenvalue weighted by molar-refractivity contribution is 7.99. The van der Waals surface area contributed by atoms with Gasteiger partial charge in [-0.25, -0.2) is 9.97 Å². The van der Waals surface area contributed by atoms with Crippen LogP contribution in [0.3, 0.4) is 0 Å². The van der Waals surface area contributed by atoms with E-state index < -0.39 is 0 Å². The van der Waals surface area contributed by atoms with Crippen molar-refractivity contribution in [3.8, 4) is 0 Å². The Labute approximate surface area is 194 Å². The molecule has 32 heavy (non-hydrogen) atoms. The Kier molecular flexibility index (Phi) is 5.14. The van der Waals surface area contributed by atoms with Crippen LogP contribution in [0.5, 0.6) is 0 Å². The van der Waals surface area contributed by atoms with Crippen molar-refractivity contribution in [2.45, 2.75) is 35.5 Å². The maximum absolute atomic E-state index is 6.76. The molecule has 0 unspecified atom stereocenters. The zero-order valence-corrected chi connectivity index (χ0v) is 19.1. The molecule has 2 saturated heterocycles. The number of ether oxygens (including phenoxy) is 1. The number of fused-ring (bicyclic) bond motifs is 3. The summed E-state index contributed by atoms with van der Waals surface area (Å²) in [7, 11) is 0. The largest absolute Gasteiger partial charge is 0.373 e. The molecule has 2 aliphatic rings. The van der Waals surface area contributed by atoms with E-state index in [1.165, 1.54) is 11.8 Å². The van der Waals surface area contributed by atoms with Crippen molar-refractivity contribution in [2.24, 2.45) is 0 Å². The number of hydrogen-bond donors (Lipinski definition) is 2. The molecule has 164 valence electrons. The molecule has 0 aromatic carbocycles. The second kappa shape index (κ2) is 8.15. The Morgan fingerprint density at radius 2 is 2.19 bits per heavy atom. The fraction of sp³-hybridized carbons (Fsp3) is 0.364. The van der Waals surface area contributed by atoms with Crippen LogP contribution in [-0.4, -0.2) is 63.3 Å². The lowest BCUT2D eigenvalue weighted by atomic mass is 10.2. The molecule has 6 heterocycles. The van der Waals surface area contributed by atoms with Gasteiger partial charge in [0.2, 0.25) is 0 Å². The van der Waals surface area contributed by atoms with E-state index in [4.69, 9.17) is 26.3 Å². The summed E-state index contributed by atoms with van der Waals surface area (Å²) in [6.45, 7) is 5.30. The van der Waals surface area contributed by atoms with Gasteiger partial charge in [-0.2, -0.15) is 0 Å². The van der Waals surface area contributed by atoms with Gasteiger partial charge in [0.05, 0.1) is 40.2 Å². The maximum atomic E-state index is 6.76. The topological polar surface area (TPSA) is 91.8 Å². The van der Waals surface area contributed by atoms with Gasteiger partial charge >= 0.3 is 0 Å².